The van der Waals surface area contributed by atoms with E-state index >= 15 is 0 Å². The molecule has 0 heterocycles. The van der Waals surface area contributed by atoms with E-state index in [1.165, 1.54) is 54.6 Å². The van der Waals surface area contributed by atoms with E-state index in [1.807, 2.05) is 0 Å². The summed E-state index contributed by atoms with van der Waals surface area (Å²) in [6, 6.07) is 19.2. The number of nitrogens with one attached hydrogen (secondary N) is 2. The molecule has 0 aliphatic heterocycles. The first-order valence-corrected chi connectivity index (χ1v) is 13.4. The Hall–Kier alpha value is -3.14. The Bertz CT molecular complexity index is 1570. The number of ether oxygens (including phenoxy) is 1. The van der Waals surface area contributed by atoms with E-state index in [-0.39, 0.29) is 42.7 Å². The van der Waals surface area contributed by atoms with E-state index in [0.29, 0.717) is 16.5 Å². The zero-order chi connectivity index (χ0) is 26.7. The first-order valence-electron chi connectivity index (χ1n) is 10.4. The van der Waals surface area contributed by atoms with Gasteiger partial charge in [0.05, 0.1) is 31.2 Å². The van der Waals surface area contributed by atoms with Crippen molar-refractivity contribution >= 4 is 73.7 Å². The summed E-state index contributed by atoms with van der Waals surface area (Å²) in [4.78, 5) is 12.9. The maximum atomic E-state index is 13.1. The number of hydrogen-bond acceptors (Lipinski definition) is 5. The van der Waals surface area contributed by atoms with Crippen LogP contribution in [0.3, 0.4) is 0 Å². The fourth-order valence-electron chi connectivity index (χ4n) is 3.17. The third-order valence-electron chi connectivity index (χ3n) is 4.94. The lowest BCUT2D eigenvalue weighted by atomic mass is 10.1. The van der Waals surface area contributed by atoms with Crippen molar-refractivity contribution in [2.45, 2.75) is 4.90 Å². The first-order chi connectivity index (χ1) is 17.5. The molecule has 0 unspecified atom stereocenters. The van der Waals surface area contributed by atoms with Gasteiger partial charge in [-0.2, -0.15) is 0 Å². The van der Waals surface area contributed by atoms with E-state index in [9.17, 15) is 18.3 Å². The average molecular weight is 598 g/mol. The van der Waals surface area contributed by atoms with Gasteiger partial charge < -0.3 is 15.2 Å². The number of halogens is 4. The summed E-state index contributed by atoms with van der Waals surface area (Å²) in [5, 5.41) is 12.7. The van der Waals surface area contributed by atoms with Gasteiger partial charge >= 0.3 is 0 Å². The Labute approximate surface area is 232 Å². The number of phenolic OH excluding ortho intramolecular Hbond substituents is 1. The molecular formula is C25H16Cl4N2O5S. The van der Waals surface area contributed by atoms with E-state index in [4.69, 9.17) is 51.1 Å². The monoisotopic (exact) mass is 596 g/mol. The second-order valence-electron chi connectivity index (χ2n) is 7.54. The standard InChI is InChI=1S/C25H16Cl4N2O5S/c26-14-5-10-22(18(11-14)25(33)30-15-12-20(28)24(32)21(29)13-15)31-37(34,35)17-8-6-16(7-9-17)36-23-4-2-1-3-19(23)27/h1-13,31-32H,(H,30,33). The minimum atomic E-state index is -4.10. The SMILES string of the molecule is O=C(Nc1cc(Cl)c(O)c(Cl)c1)c1cc(Cl)ccc1NS(=O)(=O)c1ccc(Oc2ccccc2Cl)cc1. The largest absolute Gasteiger partial charge is 0.505 e. The Morgan fingerprint density at radius 2 is 1.46 bits per heavy atom. The number of hydrogen-bond donors (Lipinski definition) is 3. The van der Waals surface area contributed by atoms with Gasteiger partial charge in [-0.1, -0.05) is 58.5 Å². The molecule has 1 amide bonds. The van der Waals surface area contributed by atoms with Gasteiger partial charge in [0.1, 0.15) is 11.5 Å². The molecule has 0 radical (unpaired) electrons. The molecule has 0 saturated heterocycles. The average Bonchev–Trinajstić information content (AvgIpc) is 2.85. The Balaban J connectivity index is 1.56. The Morgan fingerprint density at radius 3 is 2.11 bits per heavy atom. The van der Waals surface area contributed by atoms with Gasteiger partial charge in [0.25, 0.3) is 15.9 Å². The summed E-state index contributed by atoms with van der Waals surface area (Å²) in [5.74, 6) is -0.224. The lowest BCUT2D eigenvalue weighted by Crippen LogP contribution is -2.18. The molecule has 7 nitrogen and oxygen atoms in total. The van der Waals surface area contributed by atoms with Gasteiger partial charge in [-0.15, -0.1) is 0 Å². The molecular weight excluding hydrogens is 582 g/mol. The number of anilines is 2. The van der Waals surface area contributed by atoms with Crippen molar-refractivity contribution in [2.75, 3.05) is 10.0 Å². The van der Waals surface area contributed by atoms with E-state index < -0.39 is 15.9 Å². The third-order valence-corrected chi connectivity index (χ3v) is 7.45. The Kier molecular flexibility index (Phi) is 8.06. The minimum Gasteiger partial charge on any atom is -0.505 e. The number of amides is 1. The van der Waals surface area contributed by atoms with E-state index in [2.05, 4.69) is 10.0 Å². The van der Waals surface area contributed by atoms with Crippen LogP contribution in [0.5, 0.6) is 17.2 Å². The number of carbonyl (C=O) groups is 1. The van der Waals surface area contributed by atoms with E-state index in [0.717, 1.165) is 0 Å². The van der Waals surface area contributed by atoms with Gasteiger partial charge in [0.2, 0.25) is 0 Å². The molecule has 4 aromatic carbocycles. The number of carbonyl (C=O) groups excluding carboxylic acids is 1. The van der Waals surface area contributed by atoms with Crippen molar-refractivity contribution in [3.63, 3.8) is 0 Å². The molecule has 0 atom stereocenters. The zero-order valence-corrected chi connectivity index (χ0v) is 22.3. The summed E-state index contributed by atoms with van der Waals surface area (Å²) in [6.45, 7) is 0. The predicted molar refractivity (Wildman–Crippen MR) is 146 cm³/mol. The summed E-state index contributed by atoms with van der Waals surface area (Å²) in [6.07, 6.45) is 0. The molecule has 37 heavy (non-hydrogen) atoms. The summed E-state index contributed by atoms with van der Waals surface area (Å²) >= 11 is 24.0. The van der Waals surface area contributed by atoms with E-state index in [1.54, 1.807) is 24.3 Å². The van der Waals surface area contributed by atoms with Crippen molar-refractivity contribution in [1.29, 1.82) is 0 Å². The van der Waals surface area contributed by atoms with Crippen molar-refractivity contribution in [1.82, 2.24) is 0 Å². The summed E-state index contributed by atoms with van der Waals surface area (Å²) in [7, 11) is -4.10. The fraction of sp³-hybridized carbons (Fsp3) is 0. The van der Waals surface area contributed by atoms with Gasteiger partial charge in [-0.25, -0.2) is 8.42 Å². The first kappa shape index (κ1) is 26.9. The highest BCUT2D eigenvalue weighted by Gasteiger charge is 2.20. The summed E-state index contributed by atoms with van der Waals surface area (Å²) in [5.41, 5.74) is 0.102. The molecule has 0 fully saturated rings. The number of benzene rings is 4. The van der Waals surface area contributed by atoms with Crippen molar-refractivity contribution < 1.29 is 23.1 Å². The van der Waals surface area contributed by atoms with Crippen LogP contribution in [-0.2, 0) is 10.0 Å². The third kappa shape index (κ3) is 6.41. The van der Waals surface area contributed by atoms with Crippen LogP contribution in [-0.4, -0.2) is 19.4 Å². The lowest BCUT2D eigenvalue weighted by Gasteiger charge is -2.14. The van der Waals surface area contributed by atoms with Crippen molar-refractivity contribution in [3.05, 3.63) is 105 Å². The molecule has 4 rings (SSSR count). The molecule has 190 valence electrons. The topological polar surface area (TPSA) is 105 Å². The number of aromatic hydroxyl groups is 1. The number of rotatable bonds is 7. The fourth-order valence-corrected chi connectivity index (χ4v) is 5.09. The normalized spacial score (nSPS) is 11.1. The maximum absolute atomic E-state index is 13.1. The van der Waals surface area contributed by atoms with Crippen LogP contribution in [0.4, 0.5) is 11.4 Å². The van der Waals surface area contributed by atoms with Crippen LogP contribution in [0, 0.1) is 0 Å². The van der Waals surface area contributed by atoms with Crippen LogP contribution in [0.2, 0.25) is 20.1 Å². The molecule has 3 N–H and O–H groups in total. The second-order valence-corrected chi connectivity index (χ2v) is 10.9. The van der Waals surface area contributed by atoms with Gasteiger partial charge in [-0.3, -0.25) is 9.52 Å². The maximum Gasteiger partial charge on any atom is 0.261 e. The van der Waals surface area contributed by atoms with Crippen molar-refractivity contribution in [2.24, 2.45) is 0 Å². The van der Waals surface area contributed by atoms with Crippen LogP contribution in [0.1, 0.15) is 10.4 Å². The number of sulfonamides is 1. The smallest absolute Gasteiger partial charge is 0.261 e. The highest BCUT2D eigenvalue weighted by atomic mass is 35.5. The van der Waals surface area contributed by atoms with Crippen LogP contribution in [0.15, 0.2) is 83.8 Å². The molecule has 0 spiro atoms. The molecule has 4 aromatic rings. The minimum absolute atomic E-state index is 0.0192. The van der Waals surface area contributed by atoms with Crippen molar-refractivity contribution in [3.8, 4) is 17.2 Å². The van der Waals surface area contributed by atoms with Crippen LogP contribution < -0.4 is 14.8 Å². The molecule has 12 heteroatoms. The lowest BCUT2D eigenvalue weighted by molar-refractivity contribution is 0.102. The molecule has 0 saturated carbocycles. The number of para-hydroxylation sites is 1. The Morgan fingerprint density at radius 1 is 0.811 bits per heavy atom. The van der Waals surface area contributed by atoms with Gasteiger partial charge in [0, 0.05) is 10.7 Å². The summed E-state index contributed by atoms with van der Waals surface area (Å²) < 4.78 is 34.2. The van der Waals surface area contributed by atoms with Crippen LogP contribution >= 0.6 is 46.4 Å². The molecule has 0 bridgehead atoms. The van der Waals surface area contributed by atoms with Gasteiger partial charge in [0.15, 0.2) is 5.75 Å². The van der Waals surface area contributed by atoms with Gasteiger partial charge in [-0.05, 0) is 66.7 Å². The zero-order valence-electron chi connectivity index (χ0n) is 18.5. The molecule has 0 aliphatic carbocycles. The molecule has 0 aromatic heterocycles. The highest BCUT2D eigenvalue weighted by molar-refractivity contribution is 7.92. The highest BCUT2D eigenvalue weighted by Crippen LogP contribution is 2.35. The second kappa shape index (κ2) is 11.1. The molecule has 0 aliphatic rings. The van der Waals surface area contributed by atoms with Crippen LogP contribution in [0.25, 0.3) is 0 Å². The predicted octanol–water partition coefficient (Wildman–Crippen LogP) is 7.85. The quantitative estimate of drug-likeness (QED) is 0.188. The number of phenols is 1.